The molecule has 0 unspecified atom stereocenters. The Bertz CT molecular complexity index is 719. The Morgan fingerprint density at radius 3 is 2.14 bits per heavy atom. The predicted octanol–water partition coefficient (Wildman–Crippen LogP) is 3.41. The van der Waals surface area contributed by atoms with Gasteiger partial charge in [-0.1, -0.05) is 0 Å². The van der Waals surface area contributed by atoms with Gasteiger partial charge in [0, 0.05) is 0 Å². The number of anilines is 1. The van der Waals surface area contributed by atoms with Gasteiger partial charge < -0.3 is 10.4 Å². The summed E-state index contributed by atoms with van der Waals surface area (Å²) < 4.78 is 37.8. The van der Waals surface area contributed by atoms with E-state index in [0.29, 0.717) is 12.1 Å². The molecule has 0 radical (unpaired) electrons. The summed E-state index contributed by atoms with van der Waals surface area (Å²) in [6, 6.07) is 5.53. The van der Waals surface area contributed by atoms with E-state index < -0.39 is 34.4 Å². The Kier molecular flexibility index (Phi) is 4.80. The maximum Gasteiger partial charge on any atom is 0.416 e. The van der Waals surface area contributed by atoms with Gasteiger partial charge in [0.1, 0.15) is 23.9 Å². The van der Waals surface area contributed by atoms with Crippen LogP contribution in [0, 0.1) is 34.0 Å². The van der Waals surface area contributed by atoms with Crippen LogP contribution >= 0.6 is 15.9 Å². The van der Waals surface area contributed by atoms with Crippen molar-refractivity contribution in [2.24, 2.45) is 0 Å². The van der Waals surface area contributed by atoms with Gasteiger partial charge in [-0.05, 0) is 28.1 Å². The van der Waals surface area contributed by atoms with Crippen LogP contribution in [-0.4, -0.2) is 5.11 Å². The van der Waals surface area contributed by atoms with Crippen molar-refractivity contribution in [3.63, 3.8) is 0 Å². The molecule has 0 aliphatic heterocycles. The van der Waals surface area contributed by atoms with Gasteiger partial charge in [0.05, 0.1) is 15.7 Å². The van der Waals surface area contributed by atoms with Crippen molar-refractivity contribution in [2.45, 2.75) is 6.18 Å². The number of nitrogens with one attached hydrogen (secondary N) is 1. The molecule has 0 aliphatic rings. The van der Waals surface area contributed by atoms with Crippen molar-refractivity contribution in [3.05, 3.63) is 33.4 Å². The Balaban J connectivity index is 3.43. The maximum atomic E-state index is 12.7. The second-order valence-electron chi connectivity index (χ2n) is 3.56. The molecule has 0 saturated heterocycles. The summed E-state index contributed by atoms with van der Waals surface area (Å²) in [7, 11) is 0. The zero-order valence-corrected chi connectivity index (χ0v) is 11.5. The molecule has 0 heterocycles. The van der Waals surface area contributed by atoms with Crippen molar-refractivity contribution in [3.8, 4) is 24.0 Å². The minimum absolute atomic E-state index is 0.257. The van der Waals surface area contributed by atoms with Crippen LogP contribution in [0.3, 0.4) is 0 Å². The quantitative estimate of drug-likeness (QED) is 0.624. The lowest BCUT2D eigenvalue weighted by Gasteiger charge is -2.13. The number of phenolic OH excluding ortho intramolecular Hbond substituents is 1. The summed E-state index contributed by atoms with van der Waals surface area (Å²) in [5, 5.41) is 37.9. The molecule has 0 fully saturated rings. The first-order valence-corrected chi connectivity index (χ1v) is 5.85. The minimum atomic E-state index is -4.67. The molecular formula is C12H4BrF3N4O. The standard InChI is InChI=1S/C12H4BrF3N4O/c13-8-1-7(12(14,15)16)2-9(11(8)21)20-10(5-19)6(3-17)4-18/h1-2,20-21H. The Hall–Kier alpha value is -2.70. The Morgan fingerprint density at radius 2 is 1.71 bits per heavy atom. The summed E-state index contributed by atoms with van der Waals surface area (Å²) in [4.78, 5) is 0. The van der Waals surface area contributed by atoms with E-state index in [2.05, 4.69) is 21.2 Å². The molecule has 2 N–H and O–H groups in total. The molecule has 9 heteroatoms. The number of nitriles is 3. The van der Waals surface area contributed by atoms with Crippen molar-refractivity contribution in [2.75, 3.05) is 5.32 Å². The highest BCUT2D eigenvalue weighted by molar-refractivity contribution is 9.10. The lowest BCUT2D eigenvalue weighted by molar-refractivity contribution is -0.137. The first-order chi connectivity index (χ1) is 9.74. The van der Waals surface area contributed by atoms with Crippen molar-refractivity contribution in [1.29, 1.82) is 15.8 Å². The average Bonchev–Trinajstić information content (AvgIpc) is 2.42. The topological polar surface area (TPSA) is 104 Å². The molecule has 1 rings (SSSR count). The van der Waals surface area contributed by atoms with Gasteiger partial charge in [-0.3, -0.25) is 0 Å². The summed E-state index contributed by atoms with van der Waals surface area (Å²) in [6.07, 6.45) is -4.67. The summed E-state index contributed by atoms with van der Waals surface area (Å²) >= 11 is 2.75. The van der Waals surface area contributed by atoms with E-state index in [-0.39, 0.29) is 4.47 Å². The van der Waals surface area contributed by atoms with Crippen LogP contribution in [-0.2, 0) is 6.18 Å². The summed E-state index contributed by atoms with van der Waals surface area (Å²) in [6.45, 7) is 0. The van der Waals surface area contributed by atoms with Gasteiger partial charge in [-0.15, -0.1) is 0 Å². The molecule has 5 nitrogen and oxygen atoms in total. The van der Waals surface area contributed by atoms with Crippen LogP contribution in [0.1, 0.15) is 5.56 Å². The Morgan fingerprint density at radius 1 is 1.14 bits per heavy atom. The van der Waals surface area contributed by atoms with Gasteiger partial charge in [-0.2, -0.15) is 29.0 Å². The molecule has 1 aromatic rings. The van der Waals surface area contributed by atoms with Crippen LogP contribution in [0.4, 0.5) is 18.9 Å². The maximum absolute atomic E-state index is 12.7. The smallest absolute Gasteiger partial charge is 0.416 e. The molecule has 0 aliphatic carbocycles. The fourth-order valence-electron chi connectivity index (χ4n) is 1.28. The van der Waals surface area contributed by atoms with Crippen LogP contribution in [0.25, 0.3) is 0 Å². The van der Waals surface area contributed by atoms with Gasteiger partial charge >= 0.3 is 6.18 Å². The van der Waals surface area contributed by atoms with E-state index in [1.165, 1.54) is 18.2 Å². The zero-order chi connectivity index (χ0) is 16.2. The number of aromatic hydroxyl groups is 1. The molecule has 1 aromatic carbocycles. The lowest BCUT2D eigenvalue weighted by Crippen LogP contribution is -2.07. The molecule has 0 aromatic heterocycles. The minimum Gasteiger partial charge on any atom is -0.505 e. The number of hydrogen-bond donors (Lipinski definition) is 2. The van der Waals surface area contributed by atoms with Crippen LogP contribution in [0.15, 0.2) is 27.9 Å². The van der Waals surface area contributed by atoms with Gasteiger partial charge in [0.25, 0.3) is 0 Å². The molecule has 21 heavy (non-hydrogen) atoms. The molecule has 0 bridgehead atoms. The molecule has 0 saturated carbocycles. The second kappa shape index (κ2) is 6.17. The van der Waals surface area contributed by atoms with E-state index >= 15 is 0 Å². The van der Waals surface area contributed by atoms with Gasteiger partial charge in [0.15, 0.2) is 11.3 Å². The number of halogens is 4. The molecular weight excluding hydrogens is 353 g/mol. The van der Waals surface area contributed by atoms with Crippen LogP contribution in [0.5, 0.6) is 5.75 Å². The third kappa shape index (κ3) is 3.65. The van der Waals surface area contributed by atoms with E-state index in [1.807, 2.05) is 0 Å². The van der Waals surface area contributed by atoms with E-state index in [1.54, 1.807) is 0 Å². The third-order valence-corrected chi connectivity index (χ3v) is 2.84. The van der Waals surface area contributed by atoms with Gasteiger partial charge in [-0.25, -0.2) is 0 Å². The monoisotopic (exact) mass is 356 g/mol. The van der Waals surface area contributed by atoms with E-state index in [4.69, 9.17) is 15.8 Å². The fraction of sp³-hybridized carbons (Fsp3) is 0.0833. The molecule has 0 amide bonds. The molecule has 0 atom stereocenters. The number of nitrogens with zero attached hydrogens (tertiary/aromatic N) is 3. The number of allylic oxidation sites excluding steroid dienone is 2. The lowest BCUT2D eigenvalue weighted by atomic mass is 10.1. The predicted molar refractivity (Wildman–Crippen MR) is 68.3 cm³/mol. The van der Waals surface area contributed by atoms with Crippen molar-refractivity contribution < 1.29 is 18.3 Å². The highest BCUT2D eigenvalue weighted by Gasteiger charge is 2.32. The average molecular weight is 357 g/mol. The fourth-order valence-corrected chi connectivity index (χ4v) is 1.74. The highest BCUT2D eigenvalue weighted by atomic mass is 79.9. The van der Waals surface area contributed by atoms with E-state index in [0.717, 1.165) is 0 Å². The number of alkyl halides is 3. The molecule has 0 spiro atoms. The Labute approximate surface area is 125 Å². The largest absolute Gasteiger partial charge is 0.505 e. The van der Waals surface area contributed by atoms with Crippen molar-refractivity contribution >= 4 is 21.6 Å². The van der Waals surface area contributed by atoms with Crippen LogP contribution in [0.2, 0.25) is 0 Å². The van der Waals surface area contributed by atoms with Crippen molar-refractivity contribution in [1.82, 2.24) is 0 Å². The third-order valence-electron chi connectivity index (χ3n) is 2.24. The first kappa shape index (κ1) is 16.4. The van der Waals surface area contributed by atoms with Gasteiger partial charge in [0.2, 0.25) is 0 Å². The highest BCUT2D eigenvalue weighted by Crippen LogP contribution is 2.40. The SMILES string of the molecule is N#CC(C#N)=C(C#N)Nc1cc(C(F)(F)F)cc(Br)c1O. The zero-order valence-electron chi connectivity index (χ0n) is 9.96. The number of hydrogen-bond acceptors (Lipinski definition) is 5. The molecule has 106 valence electrons. The van der Waals surface area contributed by atoms with E-state index in [9.17, 15) is 18.3 Å². The van der Waals surface area contributed by atoms with Crippen LogP contribution < -0.4 is 5.32 Å². The number of benzene rings is 1. The first-order valence-electron chi connectivity index (χ1n) is 5.06. The number of rotatable bonds is 2. The second-order valence-corrected chi connectivity index (χ2v) is 4.42. The number of phenols is 1. The summed E-state index contributed by atoms with van der Waals surface area (Å²) in [5.41, 5.74) is -2.73. The summed E-state index contributed by atoms with van der Waals surface area (Å²) in [5.74, 6) is -0.592. The normalized spacial score (nSPS) is 9.95.